The molecule has 23 heavy (non-hydrogen) atoms. The molecule has 0 atom stereocenters. The third-order valence-electron chi connectivity index (χ3n) is 3.13. The number of thiocarbonyl (C=S) groups is 1. The lowest BCUT2D eigenvalue weighted by atomic mass is 10.2. The average Bonchev–Trinajstić information content (AvgIpc) is 2.78. The van der Waals surface area contributed by atoms with Crippen LogP contribution in [0.25, 0.3) is 6.08 Å². The van der Waals surface area contributed by atoms with Gasteiger partial charge in [-0.15, -0.1) is 0 Å². The third kappa shape index (κ3) is 3.49. The summed E-state index contributed by atoms with van der Waals surface area (Å²) in [6.07, 6.45) is 1.71. The first kappa shape index (κ1) is 17.0. The van der Waals surface area contributed by atoms with E-state index in [1.54, 1.807) is 24.3 Å². The van der Waals surface area contributed by atoms with Crippen LogP contribution in [0.3, 0.4) is 0 Å². The van der Waals surface area contributed by atoms with E-state index in [-0.39, 0.29) is 5.91 Å². The lowest BCUT2D eigenvalue weighted by Gasteiger charge is -2.14. The molecule has 2 aromatic rings. The second-order valence-electron chi connectivity index (χ2n) is 4.64. The van der Waals surface area contributed by atoms with Gasteiger partial charge < -0.3 is 0 Å². The first-order valence-electron chi connectivity index (χ1n) is 6.45. The summed E-state index contributed by atoms with van der Waals surface area (Å²) in [4.78, 5) is 14.7. The Hall–Kier alpha value is -0.850. The van der Waals surface area contributed by atoms with Crippen molar-refractivity contribution in [3.05, 3.63) is 67.5 Å². The van der Waals surface area contributed by atoms with E-state index in [0.717, 1.165) is 10.2 Å². The zero-order valence-electron chi connectivity index (χ0n) is 11.4. The minimum absolute atomic E-state index is 0.172. The molecule has 1 aliphatic heterocycles. The minimum Gasteiger partial charge on any atom is -0.268 e. The number of anilines is 1. The fraction of sp³-hybridized carbons (Fsp3) is 0. The molecule has 1 amide bonds. The molecule has 0 aliphatic carbocycles. The summed E-state index contributed by atoms with van der Waals surface area (Å²) in [7, 11) is 0. The maximum absolute atomic E-state index is 12.7. The van der Waals surface area contributed by atoms with Crippen molar-refractivity contribution >= 4 is 85.1 Å². The summed E-state index contributed by atoms with van der Waals surface area (Å²) in [5, 5.41) is 0.866. The standard InChI is InChI=1S/C16H8BrCl2NOS2/c17-10-4-2-5-11(8-10)20-15(21)13(23-16(20)22)7-9-3-1-6-12(18)14(9)19/h1-8H/b13-7+. The van der Waals surface area contributed by atoms with Crippen molar-refractivity contribution < 1.29 is 4.79 Å². The molecular weight excluding hydrogens is 437 g/mol. The predicted octanol–water partition coefficient (Wildman–Crippen LogP) is 6.16. The molecule has 2 aromatic carbocycles. The first-order valence-corrected chi connectivity index (χ1v) is 9.22. The van der Waals surface area contributed by atoms with Crippen LogP contribution in [-0.4, -0.2) is 10.2 Å². The van der Waals surface area contributed by atoms with E-state index >= 15 is 0 Å². The molecule has 1 heterocycles. The van der Waals surface area contributed by atoms with Crippen LogP contribution in [0.1, 0.15) is 5.56 Å². The Morgan fingerprint density at radius 1 is 1.17 bits per heavy atom. The number of rotatable bonds is 2. The number of benzene rings is 2. The summed E-state index contributed by atoms with van der Waals surface area (Å²) >= 11 is 22.2. The average molecular weight is 445 g/mol. The zero-order chi connectivity index (χ0) is 16.6. The highest BCUT2D eigenvalue weighted by molar-refractivity contribution is 9.10. The molecule has 2 nitrogen and oxygen atoms in total. The number of carbonyl (C=O) groups excluding carboxylic acids is 1. The summed E-state index contributed by atoms with van der Waals surface area (Å²) in [5.41, 5.74) is 1.41. The van der Waals surface area contributed by atoms with E-state index in [2.05, 4.69) is 15.9 Å². The van der Waals surface area contributed by atoms with Gasteiger partial charge >= 0.3 is 0 Å². The Morgan fingerprint density at radius 3 is 2.65 bits per heavy atom. The Bertz CT molecular complexity index is 854. The molecule has 0 saturated carbocycles. The number of thioether (sulfide) groups is 1. The van der Waals surface area contributed by atoms with Gasteiger partial charge in [0.2, 0.25) is 0 Å². The Kier molecular flexibility index (Phi) is 5.13. The maximum Gasteiger partial charge on any atom is 0.270 e. The van der Waals surface area contributed by atoms with Crippen LogP contribution in [0, 0.1) is 0 Å². The molecule has 0 radical (unpaired) electrons. The smallest absolute Gasteiger partial charge is 0.268 e. The molecule has 1 saturated heterocycles. The van der Waals surface area contributed by atoms with Gasteiger partial charge in [0.25, 0.3) is 5.91 Å². The summed E-state index contributed by atoms with van der Waals surface area (Å²) in [5.74, 6) is -0.172. The third-order valence-corrected chi connectivity index (χ3v) is 5.76. The molecule has 3 rings (SSSR count). The highest BCUT2D eigenvalue weighted by Crippen LogP contribution is 2.38. The van der Waals surface area contributed by atoms with Crippen molar-refractivity contribution in [2.75, 3.05) is 4.90 Å². The van der Waals surface area contributed by atoms with Crippen molar-refractivity contribution in [2.24, 2.45) is 0 Å². The highest BCUT2D eigenvalue weighted by Gasteiger charge is 2.33. The minimum atomic E-state index is -0.172. The van der Waals surface area contributed by atoms with Gasteiger partial charge in [0.1, 0.15) is 0 Å². The van der Waals surface area contributed by atoms with E-state index in [1.165, 1.54) is 16.7 Å². The number of hydrogen-bond donors (Lipinski definition) is 0. The van der Waals surface area contributed by atoms with Crippen LogP contribution in [-0.2, 0) is 4.79 Å². The highest BCUT2D eigenvalue weighted by atomic mass is 79.9. The van der Waals surface area contributed by atoms with Crippen molar-refractivity contribution in [2.45, 2.75) is 0 Å². The van der Waals surface area contributed by atoms with Gasteiger partial charge in [0.15, 0.2) is 4.32 Å². The van der Waals surface area contributed by atoms with Gasteiger partial charge in [0.05, 0.1) is 20.6 Å². The molecule has 7 heteroatoms. The van der Waals surface area contributed by atoms with E-state index in [4.69, 9.17) is 35.4 Å². The van der Waals surface area contributed by atoms with Crippen LogP contribution in [0.15, 0.2) is 51.8 Å². The quantitative estimate of drug-likeness (QED) is 0.408. The Balaban J connectivity index is 1.98. The molecule has 0 unspecified atom stereocenters. The fourth-order valence-electron chi connectivity index (χ4n) is 2.08. The van der Waals surface area contributed by atoms with Crippen molar-refractivity contribution in [3.63, 3.8) is 0 Å². The second-order valence-corrected chi connectivity index (χ2v) is 8.02. The monoisotopic (exact) mass is 443 g/mol. The van der Waals surface area contributed by atoms with E-state index in [0.29, 0.717) is 24.8 Å². The lowest BCUT2D eigenvalue weighted by Crippen LogP contribution is -2.27. The van der Waals surface area contributed by atoms with Gasteiger partial charge in [-0.05, 0) is 35.9 Å². The van der Waals surface area contributed by atoms with E-state index < -0.39 is 0 Å². The maximum atomic E-state index is 12.7. The van der Waals surface area contributed by atoms with Crippen molar-refractivity contribution in [3.8, 4) is 0 Å². The van der Waals surface area contributed by atoms with Crippen LogP contribution in [0.4, 0.5) is 5.69 Å². The van der Waals surface area contributed by atoms with E-state index in [1.807, 2.05) is 24.3 Å². The normalized spacial score (nSPS) is 16.5. The van der Waals surface area contributed by atoms with Gasteiger partial charge in [-0.1, -0.05) is 81.3 Å². The largest absolute Gasteiger partial charge is 0.270 e. The molecule has 116 valence electrons. The van der Waals surface area contributed by atoms with E-state index in [9.17, 15) is 4.79 Å². The molecule has 0 N–H and O–H groups in total. The topological polar surface area (TPSA) is 20.3 Å². The van der Waals surface area contributed by atoms with Crippen LogP contribution >= 0.6 is 63.1 Å². The number of hydrogen-bond acceptors (Lipinski definition) is 3. The summed E-state index contributed by atoms with van der Waals surface area (Å²) < 4.78 is 1.36. The molecule has 0 spiro atoms. The summed E-state index contributed by atoms with van der Waals surface area (Å²) in [6, 6.07) is 12.7. The van der Waals surface area contributed by atoms with Crippen LogP contribution in [0.5, 0.6) is 0 Å². The Labute approximate surface area is 161 Å². The number of halogens is 3. The number of carbonyl (C=O) groups is 1. The zero-order valence-corrected chi connectivity index (χ0v) is 16.2. The van der Waals surface area contributed by atoms with Crippen LogP contribution in [0.2, 0.25) is 10.0 Å². The molecule has 0 bridgehead atoms. The van der Waals surface area contributed by atoms with Crippen molar-refractivity contribution in [1.29, 1.82) is 0 Å². The number of nitrogens with zero attached hydrogens (tertiary/aromatic N) is 1. The van der Waals surface area contributed by atoms with Crippen molar-refractivity contribution in [1.82, 2.24) is 0 Å². The number of amides is 1. The van der Waals surface area contributed by atoms with Gasteiger partial charge in [-0.25, -0.2) is 0 Å². The molecule has 1 aliphatic rings. The summed E-state index contributed by atoms with van der Waals surface area (Å²) in [6.45, 7) is 0. The van der Waals surface area contributed by atoms with Gasteiger partial charge in [0, 0.05) is 4.47 Å². The molecule has 0 aromatic heterocycles. The SMILES string of the molecule is O=C1/C(=C\c2cccc(Cl)c2Cl)SC(=S)N1c1cccc(Br)c1. The van der Waals surface area contributed by atoms with Gasteiger partial charge in [-0.2, -0.15) is 0 Å². The second kappa shape index (κ2) is 6.95. The first-order chi connectivity index (χ1) is 11.0. The van der Waals surface area contributed by atoms with Gasteiger partial charge in [-0.3, -0.25) is 9.69 Å². The predicted molar refractivity (Wildman–Crippen MR) is 106 cm³/mol. The molecule has 1 fully saturated rings. The Morgan fingerprint density at radius 2 is 1.91 bits per heavy atom. The molecular formula is C16H8BrCl2NOS2. The van der Waals surface area contributed by atoms with Crippen LogP contribution < -0.4 is 4.90 Å². The fourth-order valence-corrected chi connectivity index (χ4v) is 4.12. The lowest BCUT2D eigenvalue weighted by molar-refractivity contribution is -0.113.